The molecular formula is C17H20BrN3. The molecule has 3 nitrogen and oxygen atoms in total. The van der Waals surface area contributed by atoms with Crippen molar-refractivity contribution in [1.82, 2.24) is 4.98 Å². The zero-order chi connectivity index (χ0) is 14.7. The Kier molecular flexibility index (Phi) is 4.44. The average Bonchev–Trinajstić information content (AvgIpc) is 3.03. The van der Waals surface area contributed by atoms with Gasteiger partial charge in [0.25, 0.3) is 0 Å². The van der Waals surface area contributed by atoms with Gasteiger partial charge in [0.05, 0.1) is 11.9 Å². The van der Waals surface area contributed by atoms with Crippen LogP contribution in [0.5, 0.6) is 0 Å². The van der Waals surface area contributed by atoms with Crippen LogP contribution >= 0.6 is 15.9 Å². The lowest BCUT2D eigenvalue weighted by Crippen LogP contribution is -2.17. The van der Waals surface area contributed by atoms with Gasteiger partial charge in [-0.2, -0.15) is 0 Å². The molecule has 0 saturated carbocycles. The lowest BCUT2D eigenvalue weighted by Gasteiger charge is -2.17. The summed E-state index contributed by atoms with van der Waals surface area (Å²) < 4.78 is 0.906. The summed E-state index contributed by atoms with van der Waals surface area (Å²) in [6.45, 7) is 5.26. The van der Waals surface area contributed by atoms with Crippen LogP contribution in [-0.2, 0) is 6.54 Å². The Bertz CT molecular complexity index is 604. The molecular weight excluding hydrogens is 326 g/mol. The summed E-state index contributed by atoms with van der Waals surface area (Å²) in [5.74, 6) is 0. The Hall–Kier alpha value is -1.55. The summed E-state index contributed by atoms with van der Waals surface area (Å²) in [6.07, 6.45) is 4.49. The third kappa shape index (κ3) is 3.56. The number of benzene rings is 1. The monoisotopic (exact) mass is 345 g/mol. The molecule has 0 unspecified atom stereocenters. The topological polar surface area (TPSA) is 28.2 Å². The first kappa shape index (κ1) is 14.4. The van der Waals surface area contributed by atoms with E-state index in [0.717, 1.165) is 22.4 Å². The van der Waals surface area contributed by atoms with Crippen LogP contribution in [0.1, 0.15) is 24.0 Å². The molecule has 1 saturated heterocycles. The van der Waals surface area contributed by atoms with Gasteiger partial charge in [0.2, 0.25) is 0 Å². The van der Waals surface area contributed by atoms with E-state index in [4.69, 9.17) is 0 Å². The van der Waals surface area contributed by atoms with Crippen LogP contribution in [0.3, 0.4) is 0 Å². The van der Waals surface area contributed by atoms with Crippen LogP contribution in [0, 0.1) is 6.92 Å². The number of anilines is 2. The van der Waals surface area contributed by atoms with E-state index in [-0.39, 0.29) is 0 Å². The maximum atomic E-state index is 4.30. The third-order valence-corrected chi connectivity index (χ3v) is 4.75. The van der Waals surface area contributed by atoms with E-state index >= 15 is 0 Å². The van der Waals surface area contributed by atoms with Gasteiger partial charge in [-0.3, -0.25) is 0 Å². The van der Waals surface area contributed by atoms with Crippen LogP contribution in [0.15, 0.2) is 41.1 Å². The van der Waals surface area contributed by atoms with E-state index in [2.05, 4.69) is 61.5 Å². The zero-order valence-corrected chi connectivity index (χ0v) is 13.9. The minimum Gasteiger partial charge on any atom is -0.380 e. The van der Waals surface area contributed by atoms with Gasteiger partial charge in [-0.15, -0.1) is 0 Å². The maximum Gasteiger partial charge on any atom is 0.109 e. The van der Waals surface area contributed by atoms with Crippen molar-refractivity contribution in [2.75, 3.05) is 23.3 Å². The minimum atomic E-state index is 0.822. The summed E-state index contributed by atoms with van der Waals surface area (Å²) >= 11 is 3.42. The number of aromatic nitrogens is 1. The van der Waals surface area contributed by atoms with Crippen LogP contribution in [0.2, 0.25) is 0 Å². The summed E-state index contributed by atoms with van der Waals surface area (Å²) in [6, 6.07) is 11.0. The van der Waals surface area contributed by atoms with E-state index in [0.29, 0.717) is 0 Å². The van der Waals surface area contributed by atoms with Gasteiger partial charge in [0.15, 0.2) is 0 Å². The minimum absolute atomic E-state index is 0.822. The molecule has 0 radical (unpaired) electrons. The third-order valence-electron chi connectivity index (χ3n) is 3.92. The Morgan fingerprint density at radius 1 is 1.19 bits per heavy atom. The molecule has 1 N–H and O–H groups in total. The first-order chi connectivity index (χ1) is 10.2. The number of aryl methyl sites for hydroxylation is 1. The average molecular weight is 346 g/mol. The molecule has 21 heavy (non-hydrogen) atoms. The van der Waals surface area contributed by atoms with Crippen LogP contribution in [0.25, 0.3) is 0 Å². The summed E-state index contributed by atoms with van der Waals surface area (Å²) in [5.41, 5.74) is 4.83. The fourth-order valence-corrected chi connectivity index (χ4v) is 2.88. The van der Waals surface area contributed by atoms with Crippen molar-refractivity contribution in [2.24, 2.45) is 0 Å². The van der Waals surface area contributed by atoms with Gasteiger partial charge in [-0.05, 0) is 65.0 Å². The number of hydrogen-bond acceptors (Lipinski definition) is 3. The second kappa shape index (κ2) is 6.48. The highest BCUT2D eigenvalue weighted by Gasteiger charge is 2.11. The van der Waals surface area contributed by atoms with Gasteiger partial charge in [-0.25, -0.2) is 4.98 Å². The largest absolute Gasteiger partial charge is 0.380 e. The number of pyridine rings is 1. The molecule has 3 rings (SSSR count). The number of nitrogens with zero attached hydrogens (tertiary/aromatic N) is 2. The molecule has 0 bridgehead atoms. The van der Waals surface area contributed by atoms with Crippen molar-refractivity contribution < 1.29 is 0 Å². The van der Waals surface area contributed by atoms with E-state index in [1.54, 1.807) is 0 Å². The van der Waals surface area contributed by atoms with Crippen molar-refractivity contribution in [3.05, 3.63) is 52.3 Å². The molecule has 4 heteroatoms. The first-order valence-electron chi connectivity index (χ1n) is 7.42. The Balaban J connectivity index is 1.61. The van der Waals surface area contributed by atoms with Crippen molar-refractivity contribution in [3.63, 3.8) is 0 Å². The molecule has 1 fully saturated rings. The second-order valence-corrected chi connectivity index (χ2v) is 6.30. The standard InChI is InChI=1S/C17H20BrN3/c1-13-10-15(12-20-17(13)18)19-11-14-4-6-16(7-5-14)21-8-2-3-9-21/h4-7,10,12,19H,2-3,8-9,11H2,1H3. The Morgan fingerprint density at radius 2 is 1.90 bits per heavy atom. The van der Waals surface area contributed by atoms with Gasteiger partial charge in [0, 0.05) is 25.3 Å². The van der Waals surface area contributed by atoms with Crippen LogP contribution in [-0.4, -0.2) is 18.1 Å². The second-order valence-electron chi connectivity index (χ2n) is 5.55. The normalized spacial score (nSPS) is 14.5. The Labute approximate surface area is 134 Å². The van der Waals surface area contributed by atoms with Crippen molar-refractivity contribution in [1.29, 1.82) is 0 Å². The van der Waals surface area contributed by atoms with E-state index in [1.807, 2.05) is 13.1 Å². The highest BCUT2D eigenvalue weighted by molar-refractivity contribution is 9.10. The Morgan fingerprint density at radius 3 is 2.57 bits per heavy atom. The van der Waals surface area contributed by atoms with Crippen molar-refractivity contribution >= 4 is 27.3 Å². The number of hydrogen-bond donors (Lipinski definition) is 1. The predicted molar refractivity (Wildman–Crippen MR) is 91.9 cm³/mol. The van der Waals surface area contributed by atoms with Gasteiger partial charge in [0.1, 0.15) is 4.60 Å². The number of halogens is 1. The molecule has 0 atom stereocenters. The van der Waals surface area contributed by atoms with Gasteiger partial charge >= 0.3 is 0 Å². The van der Waals surface area contributed by atoms with Gasteiger partial charge < -0.3 is 10.2 Å². The molecule has 1 aromatic heterocycles. The molecule has 2 aromatic rings. The highest BCUT2D eigenvalue weighted by Crippen LogP contribution is 2.21. The molecule has 2 heterocycles. The molecule has 1 aliphatic rings. The molecule has 1 aromatic carbocycles. The quantitative estimate of drug-likeness (QED) is 0.834. The van der Waals surface area contributed by atoms with Crippen molar-refractivity contribution in [3.8, 4) is 0 Å². The first-order valence-corrected chi connectivity index (χ1v) is 8.21. The number of rotatable bonds is 4. The fourth-order valence-electron chi connectivity index (χ4n) is 2.66. The lowest BCUT2D eigenvalue weighted by molar-refractivity contribution is 0.949. The maximum absolute atomic E-state index is 4.30. The molecule has 110 valence electrons. The number of nitrogens with one attached hydrogen (secondary N) is 1. The van der Waals surface area contributed by atoms with E-state index < -0.39 is 0 Å². The lowest BCUT2D eigenvalue weighted by atomic mass is 10.2. The molecule has 0 spiro atoms. The zero-order valence-electron chi connectivity index (χ0n) is 12.3. The molecule has 0 aliphatic carbocycles. The summed E-state index contributed by atoms with van der Waals surface area (Å²) in [4.78, 5) is 6.76. The van der Waals surface area contributed by atoms with Gasteiger partial charge in [-0.1, -0.05) is 12.1 Å². The summed E-state index contributed by atoms with van der Waals surface area (Å²) in [5, 5.41) is 3.42. The van der Waals surface area contributed by atoms with Crippen molar-refractivity contribution in [2.45, 2.75) is 26.3 Å². The summed E-state index contributed by atoms with van der Waals surface area (Å²) in [7, 11) is 0. The van der Waals surface area contributed by atoms with E-state index in [9.17, 15) is 0 Å². The predicted octanol–water partition coefficient (Wildman–Crippen LogP) is 4.36. The SMILES string of the molecule is Cc1cc(NCc2ccc(N3CCCC3)cc2)cnc1Br. The smallest absolute Gasteiger partial charge is 0.109 e. The molecule has 0 amide bonds. The van der Waals surface area contributed by atoms with Crippen LogP contribution in [0.4, 0.5) is 11.4 Å². The van der Waals surface area contributed by atoms with Crippen LogP contribution < -0.4 is 10.2 Å². The fraction of sp³-hybridized carbons (Fsp3) is 0.353. The van der Waals surface area contributed by atoms with E-state index in [1.165, 1.54) is 37.2 Å². The molecule has 1 aliphatic heterocycles. The highest BCUT2D eigenvalue weighted by atomic mass is 79.9.